The lowest BCUT2D eigenvalue weighted by Gasteiger charge is -2.68. The Bertz CT molecular complexity index is 721. The molecule has 3 aliphatic heterocycles. The van der Waals surface area contributed by atoms with E-state index in [9.17, 15) is 5.11 Å². The number of phenolic OH excluding ortho intramolecular Hbond substituents is 1. The van der Waals surface area contributed by atoms with Gasteiger partial charge in [-0.05, 0) is 82.0 Å². The second kappa shape index (κ2) is 4.12. The monoisotopic (exact) mass is 324 g/mol. The fourth-order valence-corrected chi connectivity index (χ4v) is 8.33. The molecular weight excluding hydrogens is 296 g/mol. The molecule has 2 unspecified atom stereocenters. The first-order valence-corrected chi connectivity index (χ1v) is 10.0. The van der Waals surface area contributed by atoms with E-state index in [1.165, 1.54) is 69.3 Å². The SMILES string of the molecule is CCN1c2c(O)cccc2C23CCN4CCCC5(CCC12CC5)C43. The molecule has 2 atom stereocenters. The van der Waals surface area contributed by atoms with Crippen LogP contribution in [-0.4, -0.2) is 41.2 Å². The van der Waals surface area contributed by atoms with Crippen LogP contribution in [0, 0.1) is 5.41 Å². The van der Waals surface area contributed by atoms with Crippen LogP contribution >= 0.6 is 0 Å². The fourth-order valence-electron chi connectivity index (χ4n) is 8.33. The number of anilines is 1. The zero-order valence-electron chi connectivity index (χ0n) is 14.7. The highest BCUT2D eigenvalue weighted by molar-refractivity contribution is 5.75. The third kappa shape index (κ3) is 1.19. The van der Waals surface area contributed by atoms with E-state index in [0.29, 0.717) is 11.2 Å². The van der Waals surface area contributed by atoms with Crippen molar-refractivity contribution in [2.75, 3.05) is 24.5 Å². The molecule has 0 amide bonds. The topological polar surface area (TPSA) is 26.7 Å². The summed E-state index contributed by atoms with van der Waals surface area (Å²) in [5.74, 6) is 0.513. The summed E-state index contributed by atoms with van der Waals surface area (Å²) in [6, 6.07) is 7.08. The molecule has 7 rings (SSSR count). The fraction of sp³-hybridized carbons (Fsp3) is 0.714. The normalized spacial score (nSPS) is 45.2. The molecule has 3 heteroatoms. The molecule has 5 fully saturated rings. The minimum absolute atomic E-state index is 0.265. The molecule has 6 aliphatic rings. The summed E-state index contributed by atoms with van der Waals surface area (Å²) in [6.07, 6.45) is 9.60. The maximum absolute atomic E-state index is 10.8. The lowest BCUT2D eigenvalue weighted by atomic mass is 9.41. The number of likely N-dealkylation sites (N-methyl/N-ethyl adjacent to an activating group) is 1. The number of para-hydroxylation sites is 1. The van der Waals surface area contributed by atoms with E-state index in [-0.39, 0.29) is 11.0 Å². The van der Waals surface area contributed by atoms with Crippen LogP contribution < -0.4 is 4.90 Å². The third-order valence-electron chi connectivity index (χ3n) is 8.83. The van der Waals surface area contributed by atoms with Gasteiger partial charge in [0.15, 0.2) is 0 Å². The molecule has 2 saturated heterocycles. The summed E-state index contributed by atoms with van der Waals surface area (Å²) in [4.78, 5) is 5.49. The lowest BCUT2D eigenvalue weighted by molar-refractivity contribution is -0.106. The number of phenols is 1. The molecule has 0 radical (unpaired) electrons. The van der Waals surface area contributed by atoms with Gasteiger partial charge in [0.1, 0.15) is 5.75 Å². The van der Waals surface area contributed by atoms with Crippen LogP contribution in [0.3, 0.4) is 0 Å². The van der Waals surface area contributed by atoms with E-state index in [2.05, 4.69) is 28.9 Å². The van der Waals surface area contributed by atoms with Crippen LogP contribution in [0.15, 0.2) is 18.2 Å². The Hall–Kier alpha value is -1.22. The van der Waals surface area contributed by atoms with Crippen molar-refractivity contribution in [2.24, 2.45) is 5.41 Å². The van der Waals surface area contributed by atoms with Crippen molar-refractivity contribution >= 4 is 5.69 Å². The minimum Gasteiger partial charge on any atom is -0.506 e. The molecule has 3 heterocycles. The smallest absolute Gasteiger partial charge is 0.139 e. The first-order chi connectivity index (χ1) is 11.7. The second-order valence-electron chi connectivity index (χ2n) is 9.07. The summed E-state index contributed by atoms with van der Waals surface area (Å²) in [7, 11) is 0. The largest absolute Gasteiger partial charge is 0.506 e. The third-order valence-corrected chi connectivity index (χ3v) is 8.83. The molecule has 0 aromatic heterocycles. The Labute approximate surface area is 144 Å². The van der Waals surface area contributed by atoms with Gasteiger partial charge in [-0.2, -0.15) is 0 Å². The van der Waals surface area contributed by atoms with E-state index >= 15 is 0 Å². The molecule has 1 aromatic carbocycles. The zero-order chi connectivity index (χ0) is 16.2. The summed E-state index contributed by atoms with van der Waals surface area (Å²) in [5.41, 5.74) is 3.77. The van der Waals surface area contributed by atoms with Crippen LogP contribution in [0.4, 0.5) is 5.69 Å². The Kier molecular flexibility index (Phi) is 2.40. The number of benzene rings is 1. The van der Waals surface area contributed by atoms with Crippen molar-refractivity contribution in [3.8, 4) is 5.75 Å². The van der Waals surface area contributed by atoms with E-state index in [0.717, 1.165) is 12.6 Å². The standard InChI is InChI=1S/C21H28N2O/c1-2-23-17-15(5-3-6-16(17)24)21-12-14-22-13-4-7-19(18(21)22)8-10-20(21,23)11-9-19/h3,5-6,18,24H,2,4,7-14H2,1H3. The van der Waals surface area contributed by atoms with E-state index < -0.39 is 0 Å². The maximum atomic E-state index is 10.8. The Morgan fingerprint density at radius 2 is 1.92 bits per heavy atom. The number of aromatic hydroxyl groups is 1. The first-order valence-electron chi connectivity index (χ1n) is 10.0. The summed E-state index contributed by atoms with van der Waals surface area (Å²) in [6.45, 7) is 5.87. The van der Waals surface area contributed by atoms with Gasteiger partial charge in [0.2, 0.25) is 0 Å². The molecule has 128 valence electrons. The Morgan fingerprint density at radius 1 is 1.08 bits per heavy atom. The summed E-state index contributed by atoms with van der Waals surface area (Å²) < 4.78 is 0. The number of fused-ring (bicyclic) bond motifs is 3. The quantitative estimate of drug-likeness (QED) is 0.854. The van der Waals surface area contributed by atoms with Gasteiger partial charge in [0.25, 0.3) is 0 Å². The molecule has 3 aliphatic carbocycles. The Morgan fingerprint density at radius 3 is 2.71 bits per heavy atom. The predicted octanol–water partition coefficient (Wildman–Crippen LogP) is 3.65. The van der Waals surface area contributed by atoms with E-state index in [4.69, 9.17) is 0 Å². The Balaban J connectivity index is 1.69. The molecule has 24 heavy (non-hydrogen) atoms. The van der Waals surface area contributed by atoms with Gasteiger partial charge >= 0.3 is 0 Å². The second-order valence-corrected chi connectivity index (χ2v) is 9.07. The van der Waals surface area contributed by atoms with Crippen molar-refractivity contribution in [2.45, 2.75) is 68.9 Å². The highest BCUT2D eigenvalue weighted by atomic mass is 16.3. The number of rotatable bonds is 1. The molecule has 3 nitrogen and oxygen atoms in total. The van der Waals surface area contributed by atoms with E-state index in [1.54, 1.807) is 0 Å². The molecule has 1 N–H and O–H groups in total. The number of piperidine rings is 1. The van der Waals surface area contributed by atoms with E-state index in [1.807, 2.05) is 6.07 Å². The van der Waals surface area contributed by atoms with Gasteiger partial charge in [-0.3, -0.25) is 4.90 Å². The van der Waals surface area contributed by atoms with Gasteiger partial charge in [-0.15, -0.1) is 0 Å². The zero-order valence-corrected chi connectivity index (χ0v) is 14.7. The van der Waals surface area contributed by atoms with Crippen LogP contribution in [0.2, 0.25) is 0 Å². The van der Waals surface area contributed by atoms with Crippen LogP contribution in [-0.2, 0) is 5.41 Å². The minimum atomic E-state index is 0.265. The van der Waals surface area contributed by atoms with Gasteiger partial charge in [0, 0.05) is 18.0 Å². The van der Waals surface area contributed by atoms with Crippen molar-refractivity contribution in [3.05, 3.63) is 23.8 Å². The highest BCUT2D eigenvalue weighted by Crippen LogP contribution is 2.74. The average molecular weight is 324 g/mol. The van der Waals surface area contributed by atoms with Crippen LogP contribution in [0.25, 0.3) is 0 Å². The van der Waals surface area contributed by atoms with Crippen LogP contribution in [0.1, 0.15) is 57.4 Å². The van der Waals surface area contributed by atoms with Crippen molar-refractivity contribution in [1.82, 2.24) is 4.90 Å². The van der Waals surface area contributed by atoms with Gasteiger partial charge < -0.3 is 10.0 Å². The molecule has 3 spiro atoms. The van der Waals surface area contributed by atoms with Gasteiger partial charge in [0.05, 0.1) is 11.2 Å². The number of hydrogen-bond acceptors (Lipinski definition) is 3. The number of nitrogens with zero attached hydrogens (tertiary/aromatic N) is 2. The van der Waals surface area contributed by atoms with Gasteiger partial charge in [-0.1, -0.05) is 12.1 Å². The van der Waals surface area contributed by atoms with Crippen molar-refractivity contribution in [3.63, 3.8) is 0 Å². The van der Waals surface area contributed by atoms with Gasteiger partial charge in [-0.25, -0.2) is 0 Å². The number of hydrogen-bond donors (Lipinski definition) is 1. The van der Waals surface area contributed by atoms with Crippen molar-refractivity contribution < 1.29 is 5.11 Å². The maximum Gasteiger partial charge on any atom is 0.139 e. The lowest BCUT2D eigenvalue weighted by Crippen LogP contribution is -2.74. The summed E-state index contributed by atoms with van der Waals surface area (Å²) in [5, 5.41) is 10.8. The average Bonchev–Trinajstić information content (AvgIpc) is 3.13. The molecular formula is C21H28N2O. The molecule has 2 bridgehead atoms. The predicted molar refractivity (Wildman–Crippen MR) is 95.6 cm³/mol. The van der Waals surface area contributed by atoms with Crippen molar-refractivity contribution in [1.29, 1.82) is 0 Å². The first kappa shape index (κ1) is 14.0. The molecule has 3 saturated carbocycles. The molecule has 1 aromatic rings. The highest BCUT2D eigenvalue weighted by Gasteiger charge is 2.76. The van der Waals surface area contributed by atoms with Crippen LogP contribution in [0.5, 0.6) is 5.75 Å². The summed E-state index contributed by atoms with van der Waals surface area (Å²) >= 11 is 0.